The van der Waals surface area contributed by atoms with Crippen molar-refractivity contribution < 1.29 is 31.5 Å². The van der Waals surface area contributed by atoms with Crippen LogP contribution >= 0.6 is 24.4 Å². The Labute approximate surface area is 247 Å². The molecule has 14 heteroatoms. The molecule has 5 rings (SSSR count). The first-order valence-electron chi connectivity index (χ1n) is 13.0. The number of hydrogen-bond donors (Lipinski definition) is 1. The molecule has 1 aromatic heterocycles. The summed E-state index contributed by atoms with van der Waals surface area (Å²) in [5, 5.41) is 0.0464. The van der Waals surface area contributed by atoms with Crippen LogP contribution in [0.3, 0.4) is 0 Å². The van der Waals surface area contributed by atoms with E-state index in [0.29, 0.717) is 6.07 Å². The van der Waals surface area contributed by atoms with Gasteiger partial charge in [-0.25, -0.2) is 13.6 Å². The van der Waals surface area contributed by atoms with Gasteiger partial charge < -0.3 is 14.5 Å². The van der Waals surface area contributed by atoms with Crippen molar-refractivity contribution in [2.75, 3.05) is 43.2 Å². The molecule has 0 bridgehead atoms. The Morgan fingerprint density at radius 2 is 1.98 bits per heavy atom. The molecule has 2 unspecified atom stereocenters. The second-order valence-corrected chi connectivity index (χ2v) is 11.6. The van der Waals surface area contributed by atoms with Gasteiger partial charge in [-0.05, 0) is 31.2 Å². The number of aromatic nitrogens is 2. The van der Waals surface area contributed by atoms with Crippen molar-refractivity contribution in [3.05, 3.63) is 64.6 Å². The van der Waals surface area contributed by atoms with Gasteiger partial charge in [-0.15, -0.1) is 11.8 Å². The van der Waals surface area contributed by atoms with Crippen LogP contribution in [0.4, 0.5) is 27.8 Å². The van der Waals surface area contributed by atoms with Gasteiger partial charge in [-0.2, -0.15) is 30.8 Å². The molecule has 224 valence electrons. The fourth-order valence-corrected chi connectivity index (χ4v) is 7.44. The standard InChI is InChI=1S/C28H27F5N4O3S2/c1-4-22(38)36-14(2)9-35(10-16(36)12-41)26-19-8-20(28(31,32)33)23(18-6-5-15(29)7-21(18)30)25-24(19)37(27(39)34-26)17(11-40-3)13-42-25/h4-8,14,16-17,41H,1,9-13H2,2-3H3/t14?,16?,17-/m0/s1. The van der Waals surface area contributed by atoms with Crippen molar-refractivity contribution in [1.29, 1.82) is 0 Å². The summed E-state index contributed by atoms with van der Waals surface area (Å²) in [6.45, 7) is 5.75. The molecule has 0 radical (unpaired) electrons. The molecule has 2 aliphatic heterocycles. The van der Waals surface area contributed by atoms with E-state index in [9.17, 15) is 27.2 Å². The lowest BCUT2D eigenvalue weighted by molar-refractivity contribution is -0.137. The lowest BCUT2D eigenvalue weighted by atomic mass is 9.95. The maximum atomic E-state index is 15.1. The van der Waals surface area contributed by atoms with Crippen LogP contribution in [-0.4, -0.2) is 70.8 Å². The minimum atomic E-state index is -4.93. The first-order valence-corrected chi connectivity index (χ1v) is 14.6. The summed E-state index contributed by atoms with van der Waals surface area (Å²) in [4.78, 5) is 33.8. The third-order valence-corrected chi connectivity index (χ3v) is 9.18. The van der Waals surface area contributed by atoms with Gasteiger partial charge in [-0.3, -0.25) is 9.36 Å². The summed E-state index contributed by atoms with van der Waals surface area (Å²) in [6.07, 6.45) is -3.74. The fraction of sp³-hybridized carbons (Fsp3) is 0.393. The Balaban J connectivity index is 1.83. The van der Waals surface area contributed by atoms with Crippen LogP contribution < -0.4 is 10.6 Å². The van der Waals surface area contributed by atoms with Gasteiger partial charge in [0.15, 0.2) is 0 Å². The number of methoxy groups -OCH3 is 1. The van der Waals surface area contributed by atoms with Crippen LogP contribution in [-0.2, 0) is 15.7 Å². The largest absolute Gasteiger partial charge is 0.417 e. The van der Waals surface area contributed by atoms with Crippen molar-refractivity contribution in [1.82, 2.24) is 14.5 Å². The van der Waals surface area contributed by atoms with Crippen LogP contribution in [0.2, 0.25) is 0 Å². The maximum Gasteiger partial charge on any atom is 0.417 e. The summed E-state index contributed by atoms with van der Waals surface area (Å²) in [6, 6.07) is 1.87. The van der Waals surface area contributed by atoms with E-state index in [0.717, 1.165) is 30.0 Å². The molecule has 0 aliphatic carbocycles. The lowest BCUT2D eigenvalue weighted by Gasteiger charge is -2.45. The molecule has 1 amide bonds. The van der Waals surface area contributed by atoms with E-state index in [-0.39, 0.29) is 58.7 Å². The second kappa shape index (κ2) is 11.5. The molecular weight excluding hydrogens is 599 g/mol. The lowest BCUT2D eigenvalue weighted by Crippen LogP contribution is -2.60. The number of nitrogens with zero attached hydrogens (tertiary/aromatic N) is 4. The number of carbonyl (C=O) groups excluding carboxylic acids is 1. The molecule has 1 fully saturated rings. The highest BCUT2D eigenvalue weighted by molar-refractivity contribution is 7.99. The highest BCUT2D eigenvalue weighted by atomic mass is 32.2. The zero-order valence-corrected chi connectivity index (χ0v) is 24.3. The quantitative estimate of drug-likeness (QED) is 0.231. The normalized spacial score (nSPS) is 20.7. The zero-order chi connectivity index (χ0) is 30.5. The Bertz CT molecular complexity index is 1630. The van der Waals surface area contributed by atoms with Crippen LogP contribution in [0.1, 0.15) is 18.5 Å². The number of piperazine rings is 1. The predicted molar refractivity (Wildman–Crippen MR) is 154 cm³/mol. The number of ether oxygens (including phenoxy) is 1. The van der Waals surface area contributed by atoms with Crippen LogP contribution in [0, 0.1) is 11.6 Å². The number of hydrogen-bond acceptors (Lipinski definition) is 7. The van der Waals surface area contributed by atoms with Crippen molar-refractivity contribution in [2.45, 2.75) is 36.1 Å². The molecule has 0 saturated carbocycles. The number of halogens is 5. The van der Waals surface area contributed by atoms with Crippen LogP contribution in [0.15, 0.2) is 46.6 Å². The molecule has 3 atom stereocenters. The molecular formula is C28H27F5N4O3S2. The number of thioether (sulfide) groups is 1. The molecule has 42 heavy (non-hydrogen) atoms. The predicted octanol–water partition coefficient (Wildman–Crippen LogP) is 5.18. The number of alkyl halides is 3. The van der Waals surface area contributed by atoms with E-state index in [1.54, 1.807) is 16.7 Å². The minimum Gasteiger partial charge on any atom is -0.383 e. The highest BCUT2D eigenvalue weighted by Crippen LogP contribution is 2.50. The first kappa shape index (κ1) is 30.4. The zero-order valence-electron chi connectivity index (χ0n) is 22.6. The van der Waals surface area contributed by atoms with E-state index in [2.05, 4.69) is 24.2 Å². The van der Waals surface area contributed by atoms with Gasteiger partial charge in [0.1, 0.15) is 17.5 Å². The maximum absolute atomic E-state index is 15.1. The summed E-state index contributed by atoms with van der Waals surface area (Å²) in [5.74, 6) is -1.98. The Hall–Kier alpha value is -3.10. The molecule has 3 aromatic rings. The smallest absolute Gasteiger partial charge is 0.383 e. The fourth-order valence-electron chi connectivity index (χ4n) is 5.84. The minimum absolute atomic E-state index is 0.0205. The number of rotatable bonds is 6. The molecule has 7 nitrogen and oxygen atoms in total. The van der Waals surface area contributed by atoms with E-state index in [1.807, 2.05) is 0 Å². The van der Waals surface area contributed by atoms with E-state index < -0.39 is 58.3 Å². The Kier molecular flexibility index (Phi) is 8.33. The number of carbonyl (C=O) groups is 1. The number of benzene rings is 2. The number of amides is 1. The second-order valence-electron chi connectivity index (χ2n) is 10.2. The SMILES string of the molecule is C=CC(=O)N1C(C)CN(c2nc(=O)n3c4c(c(-c5ccc(F)cc5F)c(C(F)(F)F)cc24)SC[C@@H]3COC)CC1CS. The van der Waals surface area contributed by atoms with Gasteiger partial charge in [0, 0.05) is 65.2 Å². The summed E-state index contributed by atoms with van der Waals surface area (Å²) in [7, 11) is 1.44. The van der Waals surface area contributed by atoms with Crippen molar-refractivity contribution >= 4 is 47.0 Å². The summed E-state index contributed by atoms with van der Waals surface area (Å²) < 4.78 is 79.6. The third kappa shape index (κ3) is 5.17. The first-order chi connectivity index (χ1) is 19.9. The molecule has 2 aliphatic rings. The van der Waals surface area contributed by atoms with Gasteiger partial charge in [-0.1, -0.05) is 6.58 Å². The number of anilines is 1. The molecule has 0 spiro atoms. The van der Waals surface area contributed by atoms with Gasteiger partial charge >= 0.3 is 11.9 Å². The van der Waals surface area contributed by atoms with Gasteiger partial charge in [0.05, 0.1) is 29.8 Å². The van der Waals surface area contributed by atoms with Gasteiger partial charge in [0.25, 0.3) is 0 Å². The van der Waals surface area contributed by atoms with E-state index in [1.165, 1.54) is 17.8 Å². The molecule has 0 N–H and O–H groups in total. The third-order valence-electron chi connectivity index (χ3n) is 7.52. The van der Waals surface area contributed by atoms with Crippen LogP contribution in [0.25, 0.3) is 22.0 Å². The average Bonchev–Trinajstić information content (AvgIpc) is 2.93. The molecule has 1 saturated heterocycles. The Morgan fingerprint density at radius 1 is 1.24 bits per heavy atom. The molecule has 3 heterocycles. The monoisotopic (exact) mass is 626 g/mol. The summed E-state index contributed by atoms with van der Waals surface area (Å²) >= 11 is 5.44. The number of thiol groups is 1. The van der Waals surface area contributed by atoms with E-state index >= 15 is 4.39 Å². The van der Waals surface area contributed by atoms with Gasteiger partial charge in [0.2, 0.25) is 5.91 Å². The van der Waals surface area contributed by atoms with Crippen molar-refractivity contribution in [2.24, 2.45) is 0 Å². The van der Waals surface area contributed by atoms with Crippen LogP contribution in [0.5, 0.6) is 0 Å². The van der Waals surface area contributed by atoms with E-state index in [4.69, 9.17) is 4.74 Å². The highest BCUT2D eigenvalue weighted by Gasteiger charge is 2.41. The average molecular weight is 627 g/mol. The summed E-state index contributed by atoms with van der Waals surface area (Å²) in [5.41, 5.74) is -2.58. The van der Waals surface area contributed by atoms with Crippen molar-refractivity contribution in [3.8, 4) is 11.1 Å². The van der Waals surface area contributed by atoms with Crippen molar-refractivity contribution in [3.63, 3.8) is 0 Å². The molecule has 2 aromatic carbocycles. The topological polar surface area (TPSA) is 67.7 Å². The Morgan fingerprint density at radius 3 is 2.60 bits per heavy atom.